The maximum atomic E-state index is 12.8. The van der Waals surface area contributed by atoms with E-state index in [0.717, 1.165) is 77.0 Å². The van der Waals surface area contributed by atoms with Crippen molar-refractivity contribution >= 4 is 17.9 Å². The first kappa shape index (κ1) is 66.4. The molecule has 0 fully saturated rings. The summed E-state index contributed by atoms with van der Waals surface area (Å²) in [4.78, 5) is 38.0. The fraction of sp³-hybridized carbons (Fsp3) is 0.825. The molecule has 402 valence electrons. The zero-order chi connectivity index (χ0) is 50.0. The van der Waals surface area contributed by atoms with Crippen LogP contribution in [-0.2, 0) is 28.6 Å². The van der Waals surface area contributed by atoms with Gasteiger partial charge in [0.25, 0.3) is 0 Å². The molecule has 0 aliphatic rings. The molecule has 0 aromatic rings. The Balaban J connectivity index is 4.17. The van der Waals surface area contributed by atoms with Crippen molar-refractivity contribution in [1.29, 1.82) is 0 Å². The first-order chi connectivity index (χ1) is 34.0. The minimum absolute atomic E-state index is 0.0744. The van der Waals surface area contributed by atoms with Crippen LogP contribution in [0.1, 0.15) is 316 Å². The molecule has 6 heteroatoms. The molecule has 0 rings (SSSR count). The van der Waals surface area contributed by atoms with Crippen LogP contribution in [0, 0.1) is 0 Å². The Morgan fingerprint density at radius 1 is 0.290 bits per heavy atom. The van der Waals surface area contributed by atoms with Crippen LogP contribution in [0.3, 0.4) is 0 Å². The summed E-state index contributed by atoms with van der Waals surface area (Å²) in [5.41, 5.74) is 0. The standard InChI is InChI=1S/C63H114O6/c1-4-7-10-13-16-18-20-22-24-26-28-30-31-33-34-36-38-40-42-44-47-50-53-56-62(65)68-59-60(58-67-61(64)55-52-49-46-15-12-9-6-3)69-63(66)57-54-51-48-45-43-41-39-37-35-32-29-27-25-23-21-19-17-14-11-8-5-2/h20,22,26-29,31,33,60H,4-19,21,23-25,30,32,34-59H2,1-3H3/b22-20-,28-26-,29-27-,33-31-. The summed E-state index contributed by atoms with van der Waals surface area (Å²) in [5.74, 6) is -0.877. The molecule has 0 bridgehead atoms. The fourth-order valence-electron chi connectivity index (χ4n) is 8.74. The lowest BCUT2D eigenvalue weighted by atomic mass is 10.1. The number of ether oxygens (including phenoxy) is 3. The Kier molecular flexibility index (Phi) is 55.7. The zero-order valence-electron chi connectivity index (χ0n) is 46.1. The fourth-order valence-corrected chi connectivity index (χ4v) is 8.74. The van der Waals surface area contributed by atoms with Crippen molar-refractivity contribution in [2.24, 2.45) is 0 Å². The molecule has 0 aromatic heterocycles. The summed E-state index contributed by atoms with van der Waals surface area (Å²) < 4.78 is 16.8. The zero-order valence-corrected chi connectivity index (χ0v) is 46.1. The molecule has 0 aliphatic carbocycles. The third-order valence-electron chi connectivity index (χ3n) is 13.3. The average molecular weight is 968 g/mol. The first-order valence-corrected chi connectivity index (χ1v) is 30.1. The van der Waals surface area contributed by atoms with Gasteiger partial charge in [0, 0.05) is 19.3 Å². The summed E-state index contributed by atoms with van der Waals surface area (Å²) in [6, 6.07) is 0. The average Bonchev–Trinajstić information content (AvgIpc) is 3.35. The van der Waals surface area contributed by atoms with E-state index in [0.29, 0.717) is 19.3 Å². The normalized spacial score (nSPS) is 12.3. The maximum absolute atomic E-state index is 12.8. The number of carbonyl (C=O) groups excluding carboxylic acids is 3. The van der Waals surface area contributed by atoms with Gasteiger partial charge in [0.2, 0.25) is 0 Å². The van der Waals surface area contributed by atoms with Gasteiger partial charge < -0.3 is 14.2 Å². The highest BCUT2D eigenvalue weighted by Gasteiger charge is 2.19. The Labute approximate surface area is 428 Å². The van der Waals surface area contributed by atoms with E-state index in [1.807, 2.05) is 0 Å². The molecule has 1 atom stereocenters. The second-order valence-electron chi connectivity index (χ2n) is 20.3. The Bertz CT molecular complexity index is 1200. The van der Waals surface area contributed by atoms with Crippen molar-refractivity contribution in [3.8, 4) is 0 Å². The Morgan fingerprint density at radius 2 is 0.522 bits per heavy atom. The minimum atomic E-state index is -0.774. The highest BCUT2D eigenvalue weighted by molar-refractivity contribution is 5.71. The van der Waals surface area contributed by atoms with Crippen LogP contribution in [0.25, 0.3) is 0 Å². The summed E-state index contributed by atoms with van der Waals surface area (Å²) >= 11 is 0. The quantitative estimate of drug-likeness (QED) is 0.0262. The molecule has 0 radical (unpaired) electrons. The molecule has 0 saturated heterocycles. The predicted octanol–water partition coefficient (Wildman–Crippen LogP) is 20.2. The van der Waals surface area contributed by atoms with Gasteiger partial charge in [-0.05, 0) is 83.5 Å². The van der Waals surface area contributed by atoms with Crippen LogP contribution in [0.5, 0.6) is 0 Å². The van der Waals surface area contributed by atoms with Crippen LogP contribution >= 0.6 is 0 Å². The largest absolute Gasteiger partial charge is 0.462 e. The SMILES string of the molecule is CCCCCCC/C=C\C/C=C\C/C=C\CCCCCCCCCCC(=O)OCC(COC(=O)CCCCCCCCC)OC(=O)CCCCCCCCCCC/C=C\CCCCCCCCCC. The lowest BCUT2D eigenvalue weighted by Gasteiger charge is -2.18. The molecule has 0 spiro atoms. The van der Waals surface area contributed by atoms with Gasteiger partial charge in [0.1, 0.15) is 13.2 Å². The van der Waals surface area contributed by atoms with E-state index in [-0.39, 0.29) is 31.1 Å². The summed E-state index contributed by atoms with van der Waals surface area (Å²) in [7, 11) is 0. The monoisotopic (exact) mass is 967 g/mol. The van der Waals surface area contributed by atoms with Crippen molar-refractivity contribution in [2.45, 2.75) is 322 Å². The van der Waals surface area contributed by atoms with Crippen LogP contribution in [-0.4, -0.2) is 37.2 Å². The molecule has 6 nitrogen and oxygen atoms in total. The van der Waals surface area contributed by atoms with Crippen molar-refractivity contribution in [2.75, 3.05) is 13.2 Å². The second kappa shape index (κ2) is 57.9. The van der Waals surface area contributed by atoms with Crippen LogP contribution in [0.2, 0.25) is 0 Å². The molecule has 69 heavy (non-hydrogen) atoms. The molecule has 0 saturated carbocycles. The maximum Gasteiger partial charge on any atom is 0.306 e. The predicted molar refractivity (Wildman–Crippen MR) is 298 cm³/mol. The van der Waals surface area contributed by atoms with E-state index >= 15 is 0 Å². The van der Waals surface area contributed by atoms with E-state index in [2.05, 4.69) is 69.4 Å². The summed E-state index contributed by atoms with van der Waals surface area (Å²) in [6.45, 7) is 6.61. The molecule has 0 aromatic carbocycles. The number of allylic oxidation sites excluding steroid dienone is 8. The van der Waals surface area contributed by atoms with Gasteiger partial charge in [-0.3, -0.25) is 14.4 Å². The number of hydrogen-bond donors (Lipinski definition) is 0. The summed E-state index contributed by atoms with van der Waals surface area (Å²) in [6.07, 6.45) is 71.3. The highest BCUT2D eigenvalue weighted by Crippen LogP contribution is 2.16. The smallest absolute Gasteiger partial charge is 0.306 e. The molecule has 1 unspecified atom stereocenters. The topological polar surface area (TPSA) is 78.9 Å². The van der Waals surface area contributed by atoms with Gasteiger partial charge in [0.05, 0.1) is 0 Å². The molecular formula is C63H114O6. The van der Waals surface area contributed by atoms with Crippen molar-refractivity contribution in [3.05, 3.63) is 48.6 Å². The van der Waals surface area contributed by atoms with Crippen LogP contribution in [0.15, 0.2) is 48.6 Å². The molecule has 0 aliphatic heterocycles. The van der Waals surface area contributed by atoms with Gasteiger partial charge in [-0.25, -0.2) is 0 Å². The van der Waals surface area contributed by atoms with Crippen molar-refractivity contribution < 1.29 is 28.6 Å². The minimum Gasteiger partial charge on any atom is -0.462 e. The van der Waals surface area contributed by atoms with Crippen LogP contribution < -0.4 is 0 Å². The number of esters is 3. The third-order valence-corrected chi connectivity index (χ3v) is 13.3. The Morgan fingerprint density at radius 3 is 0.826 bits per heavy atom. The third kappa shape index (κ3) is 56.2. The first-order valence-electron chi connectivity index (χ1n) is 30.1. The number of hydrogen-bond acceptors (Lipinski definition) is 6. The van der Waals surface area contributed by atoms with E-state index in [1.54, 1.807) is 0 Å². The molecule has 0 N–H and O–H groups in total. The lowest BCUT2D eigenvalue weighted by molar-refractivity contribution is -0.167. The molecule has 0 amide bonds. The second-order valence-corrected chi connectivity index (χ2v) is 20.3. The molecular weight excluding hydrogens is 853 g/mol. The van der Waals surface area contributed by atoms with E-state index in [9.17, 15) is 14.4 Å². The van der Waals surface area contributed by atoms with E-state index < -0.39 is 6.10 Å². The van der Waals surface area contributed by atoms with Gasteiger partial charge in [-0.1, -0.05) is 262 Å². The lowest BCUT2D eigenvalue weighted by Crippen LogP contribution is -2.30. The highest BCUT2D eigenvalue weighted by atomic mass is 16.6. The van der Waals surface area contributed by atoms with Gasteiger partial charge >= 0.3 is 17.9 Å². The van der Waals surface area contributed by atoms with E-state index in [4.69, 9.17) is 14.2 Å². The van der Waals surface area contributed by atoms with E-state index in [1.165, 1.54) is 199 Å². The van der Waals surface area contributed by atoms with Gasteiger partial charge in [-0.2, -0.15) is 0 Å². The van der Waals surface area contributed by atoms with Crippen LogP contribution in [0.4, 0.5) is 0 Å². The number of rotatable bonds is 55. The van der Waals surface area contributed by atoms with Gasteiger partial charge in [0.15, 0.2) is 6.10 Å². The van der Waals surface area contributed by atoms with Crippen molar-refractivity contribution in [3.63, 3.8) is 0 Å². The Hall–Kier alpha value is -2.63. The van der Waals surface area contributed by atoms with Gasteiger partial charge in [-0.15, -0.1) is 0 Å². The number of carbonyl (C=O) groups is 3. The molecule has 0 heterocycles. The van der Waals surface area contributed by atoms with Crippen molar-refractivity contribution in [1.82, 2.24) is 0 Å². The number of unbranched alkanes of at least 4 members (excludes halogenated alkanes) is 36. The summed E-state index contributed by atoms with van der Waals surface area (Å²) in [5, 5.41) is 0.